The van der Waals surface area contributed by atoms with E-state index in [1.165, 1.54) is 6.20 Å². The average Bonchev–Trinajstić information content (AvgIpc) is 3.43. The van der Waals surface area contributed by atoms with Crippen LogP contribution >= 0.6 is 34.5 Å². The van der Waals surface area contributed by atoms with Crippen LogP contribution in [0, 0.1) is 10.1 Å². The molecule has 0 saturated carbocycles. The Bertz CT molecular complexity index is 1220. The number of thiazole rings is 1. The van der Waals surface area contributed by atoms with Gasteiger partial charge in [-0.25, -0.2) is 19.9 Å². The molecule has 13 heteroatoms. The molecule has 10 nitrogen and oxygen atoms in total. The van der Waals surface area contributed by atoms with Gasteiger partial charge in [0.05, 0.1) is 28.2 Å². The number of halogens is 2. The van der Waals surface area contributed by atoms with E-state index in [0.29, 0.717) is 51.2 Å². The van der Waals surface area contributed by atoms with E-state index >= 15 is 0 Å². The van der Waals surface area contributed by atoms with Crippen LogP contribution in [0.15, 0.2) is 49.3 Å². The van der Waals surface area contributed by atoms with Crippen LogP contribution in [0.1, 0.15) is 0 Å². The summed E-state index contributed by atoms with van der Waals surface area (Å²) < 4.78 is 1.79. The quantitative estimate of drug-likeness (QED) is 0.216. The second-order valence-electron chi connectivity index (χ2n) is 6.14. The summed E-state index contributed by atoms with van der Waals surface area (Å²) in [6.07, 6.45) is 8.00. The third kappa shape index (κ3) is 4.90. The van der Waals surface area contributed by atoms with Crippen LogP contribution in [-0.4, -0.2) is 42.5 Å². The fraction of sp³-hybridized carbons (Fsp3) is 0.111. The molecule has 0 spiro atoms. The Kier molecular flexibility index (Phi) is 6.26. The summed E-state index contributed by atoms with van der Waals surface area (Å²) in [6, 6.07) is 5.20. The first kappa shape index (κ1) is 21.0. The zero-order valence-electron chi connectivity index (χ0n) is 15.7. The van der Waals surface area contributed by atoms with Crippen LogP contribution in [0.5, 0.6) is 0 Å². The van der Waals surface area contributed by atoms with Crippen LogP contribution < -0.4 is 10.6 Å². The van der Waals surface area contributed by atoms with Crippen molar-refractivity contribution in [2.45, 2.75) is 0 Å². The number of nitrogens with one attached hydrogen (secondary N) is 2. The normalized spacial score (nSPS) is 10.8. The van der Waals surface area contributed by atoms with E-state index in [1.54, 1.807) is 47.7 Å². The second kappa shape index (κ2) is 9.25. The largest absolute Gasteiger partial charge is 0.360 e. The summed E-state index contributed by atoms with van der Waals surface area (Å²) in [7, 11) is 0. The molecule has 0 unspecified atom stereocenters. The fourth-order valence-electron chi connectivity index (χ4n) is 2.71. The zero-order chi connectivity index (χ0) is 21.8. The van der Waals surface area contributed by atoms with Crippen LogP contribution in [0.2, 0.25) is 10.0 Å². The van der Waals surface area contributed by atoms with Gasteiger partial charge in [-0.05, 0) is 29.5 Å². The van der Waals surface area contributed by atoms with Crippen molar-refractivity contribution in [1.29, 1.82) is 0 Å². The van der Waals surface area contributed by atoms with Gasteiger partial charge in [0.25, 0.3) is 0 Å². The van der Waals surface area contributed by atoms with Crippen LogP contribution in [-0.2, 0) is 0 Å². The molecule has 2 N–H and O–H groups in total. The van der Waals surface area contributed by atoms with Gasteiger partial charge in [0.2, 0.25) is 5.95 Å². The first-order chi connectivity index (χ1) is 15.0. The highest BCUT2D eigenvalue weighted by atomic mass is 35.5. The standard InChI is InChI=1S/C18H14Cl2N8O2S/c19-11-1-2-12(13(20)7-11)16-14(27-6-5-21-10-27)8-24-17(26-16)22-3-4-23-18-25-9-15(31-18)28(29)30/h1-2,5-10H,3-4H2,(H,23,25)(H,22,24,26). The van der Waals surface area contributed by atoms with Crippen molar-refractivity contribution in [3.63, 3.8) is 0 Å². The lowest BCUT2D eigenvalue weighted by Gasteiger charge is -2.13. The third-order valence-electron chi connectivity index (χ3n) is 4.10. The monoisotopic (exact) mass is 476 g/mol. The Morgan fingerprint density at radius 3 is 2.71 bits per heavy atom. The van der Waals surface area contributed by atoms with Crippen molar-refractivity contribution in [3.05, 3.63) is 69.5 Å². The van der Waals surface area contributed by atoms with E-state index in [4.69, 9.17) is 23.2 Å². The van der Waals surface area contributed by atoms with Gasteiger partial charge in [-0.3, -0.25) is 10.1 Å². The fourth-order valence-corrected chi connectivity index (χ4v) is 3.86. The highest BCUT2D eigenvalue weighted by Crippen LogP contribution is 2.33. The lowest BCUT2D eigenvalue weighted by atomic mass is 10.1. The van der Waals surface area contributed by atoms with Gasteiger partial charge in [-0.1, -0.05) is 23.2 Å². The molecule has 4 aromatic rings. The van der Waals surface area contributed by atoms with Gasteiger partial charge in [0.1, 0.15) is 11.9 Å². The number of hydrogen-bond acceptors (Lipinski definition) is 9. The molecule has 31 heavy (non-hydrogen) atoms. The van der Waals surface area contributed by atoms with Crippen molar-refractivity contribution in [2.75, 3.05) is 23.7 Å². The molecule has 0 amide bonds. The number of nitrogens with zero attached hydrogens (tertiary/aromatic N) is 6. The molecule has 0 bridgehead atoms. The molecule has 3 aromatic heterocycles. The molecule has 3 heterocycles. The minimum Gasteiger partial charge on any atom is -0.360 e. The van der Waals surface area contributed by atoms with Crippen molar-refractivity contribution < 1.29 is 4.92 Å². The van der Waals surface area contributed by atoms with Crippen LogP contribution in [0.4, 0.5) is 16.1 Å². The van der Waals surface area contributed by atoms with Crippen molar-refractivity contribution in [3.8, 4) is 16.9 Å². The minimum absolute atomic E-state index is 0.0154. The first-order valence-electron chi connectivity index (χ1n) is 8.90. The summed E-state index contributed by atoms with van der Waals surface area (Å²) in [5.41, 5.74) is 2.02. The van der Waals surface area contributed by atoms with Crippen LogP contribution in [0.25, 0.3) is 16.9 Å². The number of rotatable bonds is 8. The van der Waals surface area contributed by atoms with Gasteiger partial charge in [0.15, 0.2) is 5.13 Å². The Hall–Kier alpha value is -3.28. The highest BCUT2D eigenvalue weighted by molar-refractivity contribution is 7.18. The molecule has 158 valence electrons. The van der Waals surface area contributed by atoms with Crippen LogP contribution in [0.3, 0.4) is 0 Å². The van der Waals surface area contributed by atoms with Gasteiger partial charge < -0.3 is 15.2 Å². The maximum absolute atomic E-state index is 10.7. The molecule has 0 fully saturated rings. The minimum atomic E-state index is -0.472. The summed E-state index contributed by atoms with van der Waals surface area (Å²) >= 11 is 13.4. The van der Waals surface area contributed by atoms with E-state index in [9.17, 15) is 10.1 Å². The number of anilines is 2. The topological polar surface area (TPSA) is 124 Å². The highest BCUT2D eigenvalue weighted by Gasteiger charge is 2.15. The summed E-state index contributed by atoms with van der Waals surface area (Å²) in [5, 5.41) is 18.3. The van der Waals surface area contributed by atoms with Gasteiger partial charge in [0, 0.05) is 36.1 Å². The van der Waals surface area contributed by atoms with E-state index < -0.39 is 4.92 Å². The van der Waals surface area contributed by atoms with E-state index in [1.807, 2.05) is 0 Å². The van der Waals surface area contributed by atoms with Gasteiger partial charge >= 0.3 is 5.00 Å². The zero-order valence-corrected chi connectivity index (χ0v) is 18.0. The van der Waals surface area contributed by atoms with Crippen molar-refractivity contribution in [1.82, 2.24) is 24.5 Å². The predicted molar refractivity (Wildman–Crippen MR) is 120 cm³/mol. The summed E-state index contributed by atoms with van der Waals surface area (Å²) in [4.78, 5) is 27.3. The summed E-state index contributed by atoms with van der Waals surface area (Å²) in [5.74, 6) is 0.400. The van der Waals surface area contributed by atoms with Crippen molar-refractivity contribution in [2.24, 2.45) is 0 Å². The Morgan fingerprint density at radius 2 is 2.00 bits per heavy atom. The molecule has 0 atom stereocenters. The van der Waals surface area contributed by atoms with E-state index in [-0.39, 0.29) is 5.00 Å². The lowest BCUT2D eigenvalue weighted by Crippen LogP contribution is -2.15. The number of hydrogen-bond donors (Lipinski definition) is 2. The molecule has 0 aliphatic heterocycles. The summed E-state index contributed by atoms with van der Waals surface area (Å²) in [6.45, 7) is 0.930. The molecular formula is C18H14Cl2N8O2S. The van der Waals surface area contributed by atoms with Gasteiger partial charge in [-0.2, -0.15) is 0 Å². The Labute approximate surface area is 190 Å². The first-order valence-corrected chi connectivity index (χ1v) is 10.5. The maximum atomic E-state index is 10.7. The Morgan fingerprint density at radius 1 is 1.16 bits per heavy atom. The number of benzene rings is 1. The number of aromatic nitrogens is 5. The van der Waals surface area contributed by atoms with E-state index in [0.717, 1.165) is 11.3 Å². The Balaban J connectivity index is 1.51. The third-order valence-corrected chi connectivity index (χ3v) is 5.55. The average molecular weight is 477 g/mol. The van der Waals surface area contributed by atoms with E-state index in [2.05, 4.69) is 30.6 Å². The molecule has 1 aromatic carbocycles. The smallest absolute Gasteiger partial charge is 0.345 e. The molecule has 0 radical (unpaired) electrons. The predicted octanol–water partition coefficient (Wildman–Crippen LogP) is 4.52. The molecule has 0 saturated heterocycles. The SMILES string of the molecule is O=[N+]([O-])c1cnc(NCCNc2ncc(-n3ccnc3)c(-c3ccc(Cl)cc3Cl)n2)s1. The van der Waals surface area contributed by atoms with Gasteiger partial charge in [-0.15, -0.1) is 0 Å². The molecule has 0 aliphatic carbocycles. The second-order valence-corrected chi connectivity index (χ2v) is 7.99. The maximum Gasteiger partial charge on any atom is 0.345 e. The molecule has 0 aliphatic rings. The molecular weight excluding hydrogens is 463 g/mol. The molecule has 4 rings (SSSR count). The number of imidazole rings is 1. The van der Waals surface area contributed by atoms with Crippen molar-refractivity contribution >= 4 is 50.6 Å². The number of nitro groups is 1. The lowest BCUT2D eigenvalue weighted by molar-refractivity contribution is -0.380.